The molecule has 1 rings (SSSR count). The smallest absolute Gasteiger partial charge is 0.315 e. The van der Waals surface area contributed by atoms with E-state index in [1.165, 1.54) is 0 Å². The van der Waals surface area contributed by atoms with E-state index < -0.39 is 0 Å². The second-order valence-corrected chi connectivity index (χ2v) is 5.51. The topological polar surface area (TPSA) is 70.6 Å². The molecule has 1 aromatic carbocycles. The van der Waals surface area contributed by atoms with E-state index in [0.717, 1.165) is 0 Å². The van der Waals surface area contributed by atoms with Crippen LogP contribution in [0.2, 0.25) is 5.02 Å². The van der Waals surface area contributed by atoms with Gasteiger partial charge in [-0.2, -0.15) is 0 Å². The zero-order valence-corrected chi connectivity index (χ0v) is 13.2. The quantitative estimate of drug-likeness (QED) is 0.645. The van der Waals surface area contributed by atoms with Crippen LogP contribution in [0.3, 0.4) is 0 Å². The summed E-state index contributed by atoms with van der Waals surface area (Å²) in [4.78, 5) is 11.7. The van der Waals surface area contributed by atoms with Crippen molar-refractivity contribution in [1.82, 2.24) is 10.6 Å². The summed E-state index contributed by atoms with van der Waals surface area (Å²) in [6, 6.07) is 6.81. The Bertz CT molecular complexity index is 441. The van der Waals surface area contributed by atoms with Gasteiger partial charge in [-0.15, -0.1) is 0 Å². The number of urea groups is 1. The fourth-order valence-corrected chi connectivity index (χ4v) is 2.00. The minimum Gasteiger partial charge on any atom is -0.492 e. The predicted molar refractivity (Wildman–Crippen MR) is 83.8 cm³/mol. The van der Waals surface area contributed by atoms with E-state index in [1.54, 1.807) is 18.2 Å². The van der Waals surface area contributed by atoms with Crippen LogP contribution in [0.25, 0.3) is 0 Å². The highest BCUT2D eigenvalue weighted by Crippen LogP contribution is 2.16. The molecule has 0 heterocycles. The number of hydrogen-bond donors (Lipinski definition) is 3. The highest BCUT2D eigenvalue weighted by atomic mass is 35.5. The maximum absolute atomic E-state index is 11.7. The van der Waals surface area contributed by atoms with Crippen molar-refractivity contribution in [2.75, 3.05) is 19.8 Å². The van der Waals surface area contributed by atoms with Crippen LogP contribution in [0.5, 0.6) is 5.75 Å². The van der Waals surface area contributed by atoms with Crippen LogP contribution in [0.4, 0.5) is 4.79 Å². The van der Waals surface area contributed by atoms with E-state index in [-0.39, 0.29) is 24.6 Å². The first-order valence-electron chi connectivity index (χ1n) is 7.06. The monoisotopic (exact) mass is 314 g/mol. The van der Waals surface area contributed by atoms with Crippen molar-refractivity contribution in [3.05, 3.63) is 29.3 Å². The summed E-state index contributed by atoms with van der Waals surface area (Å²) in [5.74, 6) is 0.940. The van der Waals surface area contributed by atoms with Gasteiger partial charge in [0, 0.05) is 17.7 Å². The maximum Gasteiger partial charge on any atom is 0.315 e. The van der Waals surface area contributed by atoms with Crippen molar-refractivity contribution in [3.63, 3.8) is 0 Å². The molecule has 0 radical (unpaired) electrons. The molecular weight excluding hydrogens is 292 g/mol. The van der Waals surface area contributed by atoms with Crippen molar-refractivity contribution >= 4 is 17.6 Å². The summed E-state index contributed by atoms with van der Waals surface area (Å²) in [7, 11) is 0. The van der Waals surface area contributed by atoms with Crippen molar-refractivity contribution in [2.45, 2.75) is 26.3 Å². The molecule has 118 valence electrons. The molecule has 0 saturated heterocycles. The number of halogens is 1. The first-order valence-corrected chi connectivity index (χ1v) is 7.44. The Morgan fingerprint density at radius 1 is 1.43 bits per heavy atom. The van der Waals surface area contributed by atoms with Crippen molar-refractivity contribution < 1.29 is 14.6 Å². The molecule has 2 amide bonds. The lowest BCUT2D eigenvalue weighted by atomic mass is 10.0. The Morgan fingerprint density at radius 2 is 2.19 bits per heavy atom. The van der Waals surface area contributed by atoms with Crippen LogP contribution in [0.15, 0.2) is 24.3 Å². The van der Waals surface area contributed by atoms with Gasteiger partial charge in [0.05, 0.1) is 6.54 Å². The van der Waals surface area contributed by atoms with Crippen molar-refractivity contribution in [1.29, 1.82) is 0 Å². The van der Waals surface area contributed by atoms with E-state index >= 15 is 0 Å². The highest BCUT2D eigenvalue weighted by Gasteiger charge is 2.14. The zero-order valence-electron chi connectivity index (χ0n) is 12.4. The molecule has 1 aromatic rings. The van der Waals surface area contributed by atoms with Crippen molar-refractivity contribution in [3.8, 4) is 5.75 Å². The molecule has 0 aliphatic heterocycles. The molecular formula is C15H23ClN2O3. The van der Waals surface area contributed by atoms with E-state index in [0.29, 0.717) is 30.3 Å². The summed E-state index contributed by atoms with van der Waals surface area (Å²) in [5.41, 5.74) is 0. The second-order valence-electron chi connectivity index (χ2n) is 5.07. The lowest BCUT2D eigenvalue weighted by Crippen LogP contribution is -2.45. The molecule has 6 heteroatoms. The van der Waals surface area contributed by atoms with Gasteiger partial charge >= 0.3 is 6.03 Å². The normalized spacial score (nSPS) is 12.0. The summed E-state index contributed by atoms with van der Waals surface area (Å²) in [6.07, 6.45) is 0.546. The predicted octanol–water partition coefficient (Wildman–Crippen LogP) is 2.42. The van der Waals surface area contributed by atoms with Gasteiger partial charge in [-0.05, 0) is 30.5 Å². The number of aliphatic hydroxyl groups is 1. The van der Waals surface area contributed by atoms with Gasteiger partial charge < -0.3 is 20.5 Å². The molecule has 0 aromatic heterocycles. The molecule has 3 N–H and O–H groups in total. The van der Waals surface area contributed by atoms with Gasteiger partial charge in [0.2, 0.25) is 0 Å². The summed E-state index contributed by atoms with van der Waals surface area (Å²) in [5, 5.41) is 15.1. The van der Waals surface area contributed by atoms with Crippen LogP contribution < -0.4 is 15.4 Å². The molecule has 0 spiro atoms. The van der Waals surface area contributed by atoms with Crippen LogP contribution in [-0.4, -0.2) is 36.9 Å². The average Bonchev–Trinajstić information content (AvgIpc) is 2.43. The lowest BCUT2D eigenvalue weighted by molar-refractivity contribution is 0.216. The molecule has 1 atom stereocenters. The number of rotatable bonds is 8. The lowest BCUT2D eigenvalue weighted by Gasteiger charge is -2.21. The third-order valence-electron chi connectivity index (χ3n) is 3.01. The van der Waals surface area contributed by atoms with Gasteiger partial charge in [0.15, 0.2) is 0 Å². The number of benzene rings is 1. The van der Waals surface area contributed by atoms with Gasteiger partial charge in [-0.3, -0.25) is 0 Å². The fourth-order valence-electron chi connectivity index (χ4n) is 1.82. The Labute approximate surface area is 130 Å². The third-order valence-corrected chi connectivity index (χ3v) is 3.25. The Balaban J connectivity index is 2.24. The third kappa shape index (κ3) is 7.20. The van der Waals surface area contributed by atoms with Crippen LogP contribution in [0, 0.1) is 5.92 Å². The van der Waals surface area contributed by atoms with Gasteiger partial charge in [-0.25, -0.2) is 4.79 Å². The van der Waals surface area contributed by atoms with E-state index in [2.05, 4.69) is 10.6 Å². The van der Waals surface area contributed by atoms with Gasteiger partial charge in [0.25, 0.3) is 0 Å². The number of aliphatic hydroxyl groups excluding tert-OH is 1. The molecule has 0 aliphatic rings. The second kappa shape index (κ2) is 9.47. The summed E-state index contributed by atoms with van der Waals surface area (Å²) >= 11 is 5.84. The minimum absolute atomic E-state index is 0.0381. The molecule has 1 unspecified atom stereocenters. The number of carbonyl (C=O) groups is 1. The molecule has 5 nitrogen and oxygen atoms in total. The number of carbonyl (C=O) groups excluding carboxylic acids is 1. The summed E-state index contributed by atoms with van der Waals surface area (Å²) < 4.78 is 5.47. The SMILES string of the molecule is CC(C)C(CCO)NC(=O)NCCOc1cccc(Cl)c1. The Morgan fingerprint density at radius 3 is 2.81 bits per heavy atom. The maximum atomic E-state index is 11.7. The van der Waals surface area contributed by atoms with Crippen LogP contribution in [0.1, 0.15) is 20.3 Å². The zero-order chi connectivity index (χ0) is 15.7. The molecule has 0 fully saturated rings. The summed E-state index contributed by atoms with van der Waals surface area (Å²) in [6.45, 7) is 4.81. The number of hydrogen-bond acceptors (Lipinski definition) is 3. The van der Waals surface area contributed by atoms with E-state index in [4.69, 9.17) is 21.4 Å². The van der Waals surface area contributed by atoms with Gasteiger partial charge in [0.1, 0.15) is 12.4 Å². The Kier molecular flexibility index (Phi) is 7.93. The number of nitrogens with one attached hydrogen (secondary N) is 2. The largest absolute Gasteiger partial charge is 0.492 e. The number of ether oxygens (including phenoxy) is 1. The first kappa shape index (κ1) is 17.6. The Hall–Kier alpha value is -1.46. The fraction of sp³-hybridized carbons (Fsp3) is 0.533. The minimum atomic E-state index is -0.253. The van der Waals surface area contributed by atoms with Gasteiger partial charge in [-0.1, -0.05) is 31.5 Å². The van der Waals surface area contributed by atoms with E-state index in [9.17, 15) is 4.79 Å². The highest BCUT2D eigenvalue weighted by molar-refractivity contribution is 6.30. The van der Waals surface area contributed by atoms with Crippen molar-refractivity contribution in [2.24, 2.45) is 5.92 Å². The molecule has 0 aliphatic carbocycles. The molecule has 21 heavy (non-hydrogen) atoms. The van der Waals surface area contributed by atoms with Crippen LogP contribution in [-0.2, 0) is 0 Å². The molecule has 0 bridgehead atoms. The standard InChI is InChI=1S/C15H23ClN2O3/c1-11(2)14(6-8-19)18-15(20)17-7-9-21-13-5-3-4-12(16)10-13/h3-5,10-11,14,19H,6-9H2,1-2H3,(H2,17,18,20). The first-order chi connectivity index (χ1) is 10.0. The average molecular weight is 315 g/mol. The number of amides is 2. The van der Waals surface area contributed by atoms with E-state index in [1.807, 2.05) is 19.9 Å². The van der Waals surface area contributed by atoms with Crippen LogP contribution >= 0.6 is 11.6 Å². The molecule has 0 saturated carbocycles.